The molecular formula is C6H2BrF2IN2O2. The number of aromatic nitrogens is 1. The topological polar surface area (TPSA) is 56.0 Å². The molecule has 0 amide bonds. The molecule has 0 aliphatic heterocycles. The van der Waals surface area contributed by atoms with Gasteiger partial charge < -0.3 is 10.1 Å². The Bertz CT molecular complexity index is 388. The maximum absolute atomic E-state index is 12.4. The number of hydrogen-bond donors (Lipinski definition) is 0. The van der Waals surface area contributed by atoms with E-state index in [0.717, 1.165) is 6.07 Å². The normalized spacial score (nSPS) is 10.6. The lowest BCUT2D eigenvalue weighted by Crippen LogP contribution is -1.99. The van der Waals surface area contributed by atoms with Gasteiger partial charge in [0.1, 0.15) is 4.47 Å². The van der Waals surface area contributed by atoms with Gasteiger partial charge in [-0.25, -0.2) is 8.78 Å². The molecule has 0 bridgehead atoms. The Labute approximate surface area is 99.1 Å². The highest BCUT2D eigenvalue weighted by Crippen LogP contribution is 2.33. The second kappa shape index (κ2) is 4.43. The largest absolute Gasteiger partial charge is 0.379 e. The number of pyridine rings is 1. The molecule has 8 heteroatoms. The van der Waals surface area contributed by atoms with Crippen molar-refractivity contribution in [3.05, 3.63) is 29.9 Å². The van der Waals surface area contributed by atoms with Crippen LogP contribution in [-0.2, 0) is 0 Å². The summed E-state index contributed by atoms with van der Waals surface area (Å²) in [6.07, 6.45) is -2.76. The molecule has 76 valence electrons. The molecule has 0 aromatic carbocycles. The number of halogens is 4. The zero-order chi connectivity index (χ0) is 10.9. The van der Waals surface area contributed by atoms with Crippen molar-refractivity contribution in [3.63, 3.8) is 0 Å². The number of hydrogen-bond acceptors (Lipinski definition) is 3. The van der Waals surface area contributed by atoms with Gasteiger partial charge in [0, 0.05) is 34.2 Å². The van der Waals surface area contributed by atoms with Crippen molar-refractivity contribution in [3.8, 4) is 0 Å². The maximum Gasteiger partial charge on any atom is 0.379 e. The Morgan fingerprint density at radius 1 is 1.64 bits per heavy atom. The van der Waals surface area contributed by atoms with Gasteiger partial charge in [-0.05, 0) is 25.8 Å². The fourth-order valence-electron chi connectivity index (χ4n) is 0.783. The molecule has 0 saturated carbocycles. The molecule has 0 aliphatic carbocycles. The monoisotopic (exact) mass is 378 g/mol. The smallest absolute Gasteiger partial charge is 0.358 e. The fraction of sp³-hybridized carbons (Fsp3) is 0.167. The van der Waals surface area contributed by atoms with Crippen LogP contribution in [0.15, 0.2) is 10.5 Å². The van der Waals surface area contributed by atoms with E-state index in [9.17, 15) is 18.9 Å². The van der Waals surface area contributed by atoms with Crippen molar-refractivity contribution in [1.29, 1.82) is 0 Å². The van der Waals surface area contributed by atoms with Gasteiger partial charge in [-0.15, -0.1) is 0 Å². The number of alkyl halides is 2. The average Bonchev–Trinajstić information content (AvgIpc) is 2.07. The Morgan fingerprint density at radius 2 is 2.21 bits per heavy atom. The third-order valence-electron chi connectivity index (χ3n) is 1.35. The summed E-state index contributed by atoms with van der Waals surface area (Å²) in [7, 11) is 0. The summed E-state index contributed by atoms with van der Waals surface area (Å²) in [4.78, 5) is 13.1. The van der Waals surface area contributed by atoms with Gasteiger partial charge in [-0.3, -0.25) is 0 Å². The van der Waals surface area contributed by atoms with E-state index in [4.69, 9.17) is 0 Å². The van der Waals surface area contributed by atoms with Gasteiger partial charge in [0.05, 0.1) is 0 Å². The minimum atomic E-state index is -2.76. The van der Waals surface area contributed by atoms with Crippen LogP contribution in [0.2, 0.25) is 0 Å². The fourth-order valence-corrected chi connectivity index (χ4v) is 1.87. The predicted molar refractivity (Wildman–Crippen MR) is 56.3 cm³/mol. The van der Waals surface area contributed by atoms with Crippen molar-refractivity contribution in [1.82, 2.24) is 4.98 Å². The van der Waals surface area contributed by atoms with E-state index < -0.39 is 22.7 Å². The molecule has 0 atom stereocenters. The molecule has 1 rings (SSSR count). The molecule has 0 unspecified atom stereocenters. The van der Waals surface area contributed by atoms with Crippen molar-refractivity contribution >= 4 is 44.3 Å². The Morgan fingerprint density at radius 3 is 2.64 bits per heavy atom. The van der Waals surface area contributed by atoms with Crippen LogP contribution in [-0.4, -0.2) is 9.91 Å². The van der Waals surface area contributed by atoms with Crippen molar-refractivity contribution in [2.45, 2.75) is 6.43 Å². The number of nitro groups is 1. The lowest BCUT2D eigenvalue weighted by atomic mass is 10.3. The average molecular weight is 379 g/mol. The van der Waals surface area contributed by atoms with Crippen LogP contribution < -0.4 is 0 Å². The zero-order valence-electron chi connectivity index (χ0n) is 6.38. The van der Waals surface area contributed by atoms with Gasteiger partial charge in [-0.1, -0.05) is 0 Å². The first-order chi connectivity index (χ1) is 6.43. The molecule has 0 N–H and O–H groups in total. The van der Waals surface area contributed by atoms with Crippen LogP contribution in [0.4, 0.5) is 14.6 Å². The zero-order valence-corrected chi connectivity index (χ0v) is 10.1. The van der Waals surface area contributed by atoms with E-state index >= 15 is 0 Å². The minimum Gasteiger partial charge on any atom is -0.358 e. The quantitative estimate of drug-likeness (QED) is 0.343. The second-order valence-corrected chi connectivity index (χ2v) is 4.13. The van der Waals surface area contributed by atoms with E-state index in [-0.39, 0.29) is 8.17 Å². The molecule has 0 saturated heterocycles. The summed E-state index contributed by atoms with van der Waals surface area (Å²) in [6.45, 7) is 0. The van der Waals surface area contributed by atoms with Crippen LogP contribution in [0.3, 0.4) is 0 Å². The van der Waals surface area contributed by atoms with Gasteiger partial charge in [-0.2, -0.15) is 0 Å². The highest BCUT2D eigenvalue weighted by molar-refractivity contribution is 14.1. The first kappa shape index (κ1) is 11.7. The molecule has 1 aromatic rings. The van der Waals surface area contributed by atoms with Crippen molar-refractivity contribution < 1.29 is 13.7 Å². The minimum absolute atomic E-state index is 0.160. The molecular weight excluding hydrogens is 377 g/mol. The van der Waals surface area contributed by atoms with Gasteiger partial charge in [0.15, 0.2) is 0 Å². The summed E-state index contributed by atoms with van der Waals surface area (Å²) in [5.74, 6) is -0.591. The Hall–Kier alpha value is -0.380. The van der Waals surface area contributed by atoms with E-state index in [2.05, 4.69) is 20.9 Å². The van der Waals surface area contributed by atoms with Crippen LogP contribution >= 0.6 is 38.5 Å². The summed E-state index contributed by atoms with van der Waals surface area (Å²) in [5.41, 5.74) is -0.420. The second-order valence-electron chi connectivity index (χ2n) is 2.23. The molecule has 14 heavy (non-hydrogen) atoms. The first-order valence-corrected chi connectivity index (χ1v) is 5.09. The molecule has 0 aliphatic rings. The molecule has 4 nitrogen and oxygen atoms in total. The van der Waals surface area contributed by atoms with Crippen molar-refractivity contribution in [2.24, 2.45) is 0 Å². The van der Waals surface area contributed by atoms with E-state index in [1.54, 1.807) is 22.6 Å². The van der Waals surface area contributed by atoms with Crippen LogP contribution in [0.25, 0.3) is 0 Å². The summed E-state index contributed by atoms with van der Waals surface area (Å²) < 4.78 is 24.6. The summed E-state index contributed by atoms with van der Waals surface area (Å²) in [5, 5.41) is 10.4. The Balaban J connectivity index is 3.40. The summed E-state index contributed by atoms with van der Waals surface area (Å²) >= 11 is 4.37. The predicted octanol–water partition coefficient (Wildman–Crippen LogP) is 3.29. The Kier molecular flexibility index (Phi) is 3.70. The van der Waals surface area contributed by atoms with Gasteiger partial charge in [0.2, 0.25) is 3.70 Å². The van der Waals surface area contributed by atoms with Gasteiger partial charge in [0.25, 0.3) is 6.43 Å². The molecule has 0 fully saturated rings. The van der Waals surface area contributed by atoms with Crippen LogP contribution in [0, 0.1) is 13.8 Å². The molecule has 1 heterocycles. The van der Waals surface area contributed by atoms with E-state index in [1.807, 2.05) is 0 Å². The number of nitrogens with zero attached hydrogens (tertiary/aromatic N) is 2. The molecule has 1 aromatic heterocycles. The first-order valence-electron chi connectivity index (χ1n) is 3.22. The lowest BCUT2D eigenvalue weighted by molar-refractivity contribution is -0.390. The maximum atomic E-state index is 12.4. The van der Waals surface area contributed by atoms with E-state index in [1.165, 1.54) is 0 Å². The van der Waals surface area contributed by atoms with Crippen molar-refractivity contribution in [2.75, 3.05) is 0 Å². The highest BCUT2D eigenvalue weighted by atomic mass is 127. The SMILES string of the molecule is O=[N+]([O-])c1nc(I)cc(C(F)F)c1Br. The van der Waals surface area contributed by atoms with E-state index in [0.29, 0.717) is 0 Å². The van der Waals surface area contributed by atoms with Crippen LogP contribution in [0.5, 0.6) is 0 Å². The molecule has 0 spiro atoms. The summed E-state index contributed by atoms with van der Waals surface area (Å²) in [6, 6.07) is 1.10. The van der Waals surface area contributed by atoms with Gasteiger partial charge >= 0.3 is 5.82 Å². The lowest BCUT2D eigenvalue weighted by Gasteiger charge is -2.02. The highest BCUT2D eigenvalue weighted by Gasteiger charge is 2.24. The number of rotatable bonds is 2. The third kappa shape index (κ3) is 2.35. The molecule has 0 radical (unpaired) electrons. The van der Waals surface area contributed by atoms with Crippen LogP contribution in [0.1, 0.15) is 12.0 Å². The standard InChI is InChI=1S/C6H2BrF2IN2O2/c7-4-2(5(8)9)1-3(10)11-6(4)12(13)14/h1,5H. The third-order valence-corrected chi connectivity index (χ3v) is 2.71.